The van der Waals surface area contributed by atoms with Crippen LogP contribution in [0.5, 0.6) is 5.75 Å². The number of hydrogen-bond donors (Lipinski definition) is 1. The van der Waals surface area contributed by atoms with Gasteiger partial charge in [0.15, 0.2) is 11.5 Å². The van der Waals surface area contributed by atoms with E-state index in [-0.39, 0.29) is 36.3 Å². The summed E-state index contributed by atoms with van der Waals surface area (Å²) in [5.41, 5.74) is 0.884. The van der Waals surface area contributed by atoms with Crippen LogP contribution in [0.2, 0.25) is 0 Å². The Morgan fingerprint density at radius 2 is 1.96 bits per heavy atom. The highest BCUT2D eigenvalue weighted by Gasteiger charge is 2.43. The molecule has 0 saturated carbocycles. The van der Waals surface area contributed by atoms with Gasteiger partial charge in [-0.15, -0.1) is 0 Å². The first-order valence-corrected chi connectivity index (χ1v) is 9.29. The minimum atomic E-state index is -0.644. The second kappa shape index (κ2) is 9.04. The molecule has 1 atom stereocenters. The molecule has 1 heterocycles. The predicted molar refractivity (Wildman–Crippen MR) is 103 cm³/mol. The Bertz CT molecular complexity index is 723. The number of benzene rings is 1. The molecule has 1 aliphatic rings. The van der Waals surface area contributed by atoms with Crippen LogP contribution in [-0.2, 0) is 14.3 Å². The molecule has 1 unspecified atom stereocenters. The van der Waals surface area contributed by atoms with Crippen LogP contribution in [0.15, 0.2) is 35.6 Å². The van der Waals surface area contributed by atoms with Crippen LogP contribution in [-0.4, -0.2) is 48.1 Å². The minimum Gasteiger partial charge on any atom is -0.503 e. The van der Waals surface area contributed by atoms with E-state index < -0.39 is 17.7 Å². The Morgan fingerprint density at radius 3 is 2.56 bits per heavy atom. The fourth-order valence-electron chi connectivity index (χ4n) is 3.19. The molecule has 0 fully saturated rings. The molecule has 1 aliphatic heterocycles. The van der Waals surface area contributed by atoms with E-state index in [0.29, 0.717) is 12.4 Å². The Labute approximate surface area is 160 Å². The highest BCUT2D eigenvalue weighted by molar-refractivity contribution is 6.09. The van der Waals surface area contributed by atoms with Gasteiger partial charge in [-0.05, 0) is 37.5 Å². The van der Waals surface area contributed by atoms with Gasteiger partial charge in [0.1, 0.15) is 5.75 Å². The van der Waals surface area contributed by atoms with Gasteiger partial charge in [-0.25, -0.2) is 0 Å². The molecule has 0 spiro atoms. The summed E-state index contributed by atoms with van der Waals surface area (Å²) >= 11 is 0. The molecular formula is C21H29NO5. The van der Waals surface area contributed by atoms with Crippen molar-refractivity contribution in [2.24, 2.45) is 5.92 Å². The molecular weight excluding hydrogens is 346 g/mol. The third-order valence-corrected chi connectivity index (χ3v) is 4.39. The van der Waals surface area contributed by atoms with E-state index in [9.17, 15) is 14.7 Å². The highest BCUT2D eigenvalue weighted by Crippen LogP contribution is 2.39. The van der Waals surface area contributed by atoms with Gasteiger partial charge in [0.05, 0.1) is 31.4 Å². The van der Waals surface area contributed by atoms with Crippen molar-refractivity contribution >= 4 is 11.7 Å². The molecule has 6 heteroatoms. The van der Waals surface area contributed by atoms with E-state index in [1.807, 2.05) is 33.8 Å². The summed E-state index contributed by atoms with van der Waals surface area (Å²) < 4.78 is 10.9. The number of carbonyl (C=O) groups is 2. The van der Waals surface area contributed by atoms with Gasteiger partial charge in [-0.1, -0.05) is 26.0 Å². The van der Waals surface area contributed by atoms with Gasteiger partial charge in [0.2, 0.25) is 0 Å². The molecule has 1 N–H and O–H groups in total. The second-order valence-corrected chi connectivity index (χ2v) is 7.38. The monoisotopic (exact) mass is 375 g/mol. The molecule has 1 aromatic carbocycles. The number of rotatable bonds is 9. The van der Waals surface area contributed by atoms with Gasteiger partial charge in [-0.2, -0.15) is 0 Å². The lowest BCUT2D eigenvalue weighted by Crippen LogP contribution is -2.34. The summed E-state index contributed by atoms with van der Waals surface area (Å²) in [5, 5.41) is 10.5. The predicted octanol–water partition coefficient (Wildman–Crippen LogP) is 3.43. The van der Waals surface area contributed by atoms with Crippen LogP contribution in [0.1, 0.15) is 45.7 Å². The number of aliphatic hydroxyl groups excluding tert-OH is 1. The SMILES string of the molecule is COc1cccc(C2C(C(=O)CC(C)C)=C(O)C(=O)N2CCOC(C)C)c1. The van der Waals surface area contributed by atoms with Crippen molar-refractivity contribution in [3.8, 4) is 5.75 Å². The number of Topliss-reactive ketones (excluding diaryl/α,β-unsaturated/α-hetero) is 1. The van der Waals surface area contributed by atoms with Crippen molar-refractivity contribution in [1.82, 2.24) is 4.90 Å². The fraction of sp³-hybridized carbons (Fsp3) is 0.524. The number of ether oxygens (including phenoxy) is 2. The Balaban J connectivity index is 2.42. The zero-order chi connectivity index (χ0) is 20.1. The second-order valence-electron chi connectivity index (χ2n) is 7.38. The Hall–Kier alpha value is -2.34. The van der Waals surface area contributed by atoms with Crippen molar-refractivity contribution in [2.75, 3.05) is 20.3 Å². The Kier molecular flexibility index (Phi) is 7.02. The van der Waals surface area contributed by atoms with E-state index >= 15 is 0 Å². The number of amides is 1. The number of hydrogen-bond acceptors (Lipinski definition) is 5. The van der Waals surface area contributed by atoms with Crippen LogP contribution in [0, 0.1) is 5.92 Å². The standard InChI is InChI=1S/C21H29NO5/c1-13(2)11-17(23)18-19(15-7-6-8-16(12-15)26-5)22(21(25)20(18)24)9-10-27-14(3)4/h6-8,12-14,19,24H,9-11H2,1-5H3. The fourth-order valence-corrected chi connectivity index (χ4v) is 3.19. The smallest absolute Gasteiger partial charge is 0.290 e. The third kappa shape index (κ3) is 4.89. The molecule has 1 aromatic rings. The number of nitrogens with zero attached hydrogens (tertiary/aromatic N) is 1. The first kappa shape index (κ1) is 21.0. The van der Waals surface area contributed by atoms with Crippen molar-refractivity contribution in [3.05, 3.63) is 41.2 Å². The van der Waals surface area contributed by atoms with E-state index in [1.54, 1.807) is 25.3 Å². The molecule has 148 valence electrons. The van der Waals surface area contributed by atoms with Crippen LogP contribution in [0.4, 0.5) is 0 Å². The van der Waals surface area contributed by atoms with Crippen molar-refractivity contribution in [1.29, 1.82) is 0 Å². The number of ketones is 1. The van der Waals surface area contributed by atoms with Gasteiger partial charge in [0.25, 0.3) is 5.91 Å². The molecule has 2 rings (SSSR count). The maximum absolute atomic E-state index is 12.8. The Morgan fingerprint density at radius 1 is 1.26 bits per heavy atom. The first-order valence-electron chi connectivity index (χ1n) is 9.29. The van der Waals surface area contributed by atoms with Crippen molar-refractivity contribution < 1.29 is 24.2 Å². The highest BCUT2D eigenvalue weighted by atomic mass is 16.5. The zero-order valence-corrected chi connectivity index (χ0v) is 16.7. The molecule has 0 saturated heterocycles. The molecule has 27 heavy (non-hydrogen) atoms. The largest absolute Gasteiger partial charge is 0.503 e. The van der Waals surface area contributed by atoms with Gasteiger partial charge < -0.3 is 19.5 Å². The summed E-state index contributed by atoms with van der Waals surface area (Å²) in [4.78, 5) is 27.0. The van der Waals surface area contributed by atoms with Crippen LogP contribution in [0.3, 0.4) is 0 Å². The average Bonchev–Trinajstić information content (AvgIpc) is 2.86. The lowest BCUT2D eigenvalue weighted by atomic mass is 9.92. The summed E-state index contributed by atoms with van der Waals surface area (Å²) in [6, 6.07) is 6.58. The number of methoxy groups -OCH3 is 1. The van der Waals surface area contributed by atoms with Crippen molar-refractivity contribution in [3.63, 3.8) is 0 Å². The number of aliphatic hydroxyl groups is 1. The molecule has 0 radical (unpaired) electrons. The third-order valence-electron chi connectivity index (χ3n) is 4.39. The van der Waals surface area contributed by atoms with E-state index in [0.717, 1.165) is 5.56 Å². The number of carbonyl (C=O) groups excluding carboxylic acids is 2. The zero-order valence-electron chi connectivity index (χ0n) is 16.7. The molecule has 6 nitrogen and oxygen atoms in total. The van der Waals surface area contributed by atoms with Crippen LogP contribution < -0.4 is 4.74 Å². The summed E-state index contributed by atoms with van der Waals surface area (Å²) in [6.07, 6.45) is 0.297. The summed E-state index contributed by atoms with van der Waals surface area (Å²) in [6.45, 7) is 8.30. The topological polar surface area (TPSA) is 76.1 Å². The van der Waals surface area contributed by atoms with Crippen molar-refractivity contribution in [2.45, 2.75) is 46.3 Å². The average molecular weight is 375 g/mol. The van der Waals surface area contributed by atoms with E-state index in [4.69, 9.17) is 9.47 Å². The lowest BCUT2D eigenvalue weighted by Gasteiger charge is -2.27. The molecule has 0 aliphatic carbocycles. The van der Waals surface area contributed by atoms with Crippen LogP contribution in [0.25, 0.3) is 0 Å². The van der Waals surface area contributed by atoms with E-state index in [1.165, 1.54) is 4.90 Å². The molecule has 1 amide bonds. The molecule has 0 aromatic heterocycles. The summed E-state index contributed by atoms with van der Waals surface area (Å²) in [7, 11) is 1.56. The quantitative estimate of drug-likeness (QED) is 0.716. The maximum Gasteiger partial charge on any atom is 0.290 e. The van der Waals surface area contributed by atoms with Gasteiger partial charge in [-0.3, -0.25) is 9.59 Å². The first-order chi connectivity index (χ1) is 12.8. The lowest BCUT2D eigenvalue weighted by molar-refractivity contribution is -0.130. The normalized spacial score (nSPS) is 17.4. The maximum atomic E-state index is 12.8. The minimum absolute atomic E-state index is 0.0292. The van der Waals surface area contributed by atoms with Gasteiger partial charge >= 0.3 is 0 Å². The molecule has 0 bridgehead atoms. The van der Waals surface area contributed by atoms with E-state index in [2.05, 4.69) is 0 Å². The summed E-state index contributed by atoms with van der Waals surface area (Å²) in [5.74, 6) is -0.464. The van der Waals surface area contributed by atoms with Gasteiger partial charge in [0, 0.05) is 13.0 Å². The van der Waals surface area contributed by atoms with Crippen LogP contribution >= 0.6 is 0 Å².